The molecule has 0 radical (unpaired) electrons. The number of nitrogens with one attached hydrogen (secondary N) is 2. The highest BCUT2D eigenvalue weighted by atomic mass is 32.2. The van der Waals surface area contributed by atoms with Crippen LogP contribution in [0, 0.1) is 6.92 Å². The number of benzene rings is 1. The van der Waals surface area contributed by atoms with Crippen LogP contribution in [-0.2, 0) is 17.3 Å². The Morgan fingerprint density at radius 1 is 1.30 bits per heavy atom. The molecule has 0 aliphatic heterocycles. The van der Waals surface area contributed by atoms with Crippen LogP contribution in [-0.4, -0.2) is 30.7 Å². The molecule has 2 N–H and O–H groups in total. The molecule has 1 amide bonds. The van der Waals surface area contributed by atoms with Crippen molar-refractivity contribution in [2.45, 2.75) is 13.8 Å². The number of aryl methyl sites for hydroxylation is 2. The number of aromatic nitrogens is 2. The minimum atomic E-state index is -4.04. The van der Waals surface area contributed by atoms with E-state index >= 15 is 0 Å². The standard InChI is InChI=1S/C14H18N4O4S/c1-4-22-12-7-5-11(6-8-12)16-23(20,21)17-14(19)13-9-18(3)15-10(13)2/h5-9,16H,4H2,1-3H3,(H,17,19). The van der Waals surface area contributed by atoms with Gasteiger partial charge in [0.2, 0.25) is 0 Å². The lowest BCUT2D eigenvalue weighted by Crippen LogP contribution is -2.35. The summed E-state index contributed by atoms with van der Waals surface area (Å²) in [5, 5.41) is 4.00. The minimum Gasteiger partial charge on any atom is -0.494 e. The third kappa shape index (κ3) is 4.46. The van der Waals surface area contributed by atoms with Crippen LogP contribution in [0.1, 0.15) is 23.0 Å². The fourth-order valence-electron chi connectivity index (χ4n) is 1.97. The summed E-state index contributed by atoms with van der Waals surface area (Å²) in [6.07, 6.45) is 1.46. The molecule has 1 aromatic heterocycles. The lowest BCUT2D eigenvalue weighted by molar-refractivity contribution is 0.0981. The number of carbonyl (C=O) groups excluding carboxylic acids is 1. The van der Waals surface area contributed by atoms with E-state index in [2.05, 4.69) is 9.82 Å². The van der Waals surface area contributed by atoms with E-state index in [0.29, 0.717) is 23.7 Å². The molecule has 0 atom stereocenters. The molecule has 0 aliphatic rings. The van der Waals surface area contributed by atoms with Gasteiger partial charge in [-0.3, -0.25) is 14.2 Å². The highest BCUT2D eigenvalue weighted by Gasteiger charge is 2.19. The Labute approximate surface area is 134 Å². The fraction of sp³-hybridized carbons (Fsp3) is 0.286. The first-order chi connectivity index (χ1) is 10.8. The Hall–Kier alpha value is -2.55. The SMILES string of the molecule is CCOc1ccc(NS(=O)(=O)NC(=O)c2cn(C)nc2C)cc1. The third-order valence-corrected chi connectivity index (χ3v) is 3.86. The molecule has 0 bridgehead atoms. The molecule has 9 heteroatoms. The maximum absolute atomic E-state index is 12.0. The molecule has 8 nitrogen and oxygen atoms in total. The largest absolute Gasteiger partial charge is 0.494 e. The number of hydrogen-bond acceptors (Lipinski definition) is 5. The van der Waals surface area contributed by atoms with Crippen molar-refractivity contribution in [3.63, 3.8) is 0 Å². The maximum Gasteiger partial charge on any atom is 0.323 e. The quantitative estimate of drug-likeness (QED) is 0.824. The third-order valence-electron chi connectivity index (χ3n) is 2.90. The summed E-state index contributed by atoms with van der Waals surface area (Å²) in [5.41, 5.74) is 0.961. The Morgan fingerprint density at radius 3 is 2.48 bits per heavy atom. The predicted molar refractivity (Wildman–Crippen MR) is 85.6 cm³/mol. The predicted octanol–water partition coefficient (Wildman–Crippen LogP) is 1.21. The number of amides is 1. The Balaban J connectivity index is 2.07. The first-order valence-electron chi connectivity index (χ1n) is 6.88. The van der Waals surface area contributed by atoms with Gasteiger partial charge in [-0.1, -0.05) is 0 Å². The van der Waals surface area contributed by atoms with Crippen LogP contribution in [0.2, 0.25) is 0 Å². The van der Waals surface area contributed by atoms with Crippen molar-refractivity contribution in [1.82, 2.24) is 14.5 Å². The average molecular weight is 338 g/mol. The second kappa shape index (κ2) is 6.69. The molecule has 1 aromatic carbocycles. The molecule has 2 rings (SSSR count). The van der Waals surface area contributed by atoms with Crippen molar-refractivity contribution >= 4 is 21.8 Å². The summed E-state index contributed by atoms with van der Waals surface area (Å²) >= 11 is 0. The smallest absolute Gasteiger partial charge is 0.323 e. The van der Waals surface area contributed by atoms with Crippen LogP contribution < -0.4 is 14.2 Å². The molecule has 124 valence electrons. The second-order valence-electron chi connectivity index (χ2n) is 4.80. The van der Waals surface area contributed by atoms with Crippen molar-refractivity contribution in [2.24, 2.45) is 7.05 Å². The topological polar surface area (TPSA) is 102 Å². The van der Waals surface area contributed by atoms with Gasteiger partial charge in [0.25, 0.3) is 5.91 Å². The van der Waals surface area contributed by atoms with E-state index in [-0.39, 0.29) is 5.56 Å². The zero-order valence-corrected chi connectivity index (χ0v) is 13.8. The van der Waals surface area contributed by atoms with Gasteiger partial charge in [0, 0.05) is 13.2 Å². The average Bonchev–Trinajstić information content (AvgIpc) is 2.79. The summed E-state index contributed by atoms with van der Waals surface area (Å²) in [4.78, 5) is 12.0. The van der Waals surface area contributed by atoms with Gasteiger partial charge in [0.1, 0.15) is 5.75 Å². The summed E-state index contributed by atoms with van der Waals surface area (Å²) in [6, 6.07) is 6.36. The lowest BCUT2D eigenvalue weighted by Gasteiger charge is -2.10. The molecule has 23 heavy (non-hydrogen) atoms. The molecule has 0 spiro atoms. The van der Waals surface area contributed by atoms with E-state index in [1.165, 1.54) is 10.9 Å². The fourth-order valence-corrected chi connectivity index (χ4v) is 2.82. The summed E-state index contributed by atoms with van der Waals surface area (Å²) in [7, 11) is -2.39. The van der Waals surface area contributed by atoms with Gasteiger partial charge >= 0.3 is 10.2 Å². The van der Waals surface area contributed by atoms with E-state index in [4.69, 9.17) is 4.74 Å². The van der Waals surface area contributed by atoms with Crippen molar-refractivity contribution < 1.29 is 17.9 Å². The van der Waals surface area contributed by atoms with Gasteiger partial charge in [-0.05, 0) is 38.1 Å². The Bertz CT molecular complexity index is 797. The molecule has 0 saturated heterocycles. The van der Waals surface area contributed by atoms with Gasteiger partial charge in [0.05, 0.1) is 23.6 Å². The normalized spacial score (nSPS) is 11.1. The van der Waals surface area contributed by atoms with Crippen molar-refractivity contribution in [2.75, 3.05) is 11.3 Å². The number of carbonyl (C=O) groups is 1. The van der Waals surface area contributed by atoms with Crippen LogP contribution in [0.3, 0.4) is 0 Å². The van der Waals surface area contributed by atoms with E-state index < -0.39 is 16.1 Å². The summed E-state index contributed by atoms with van der Waals surface area (Å²) in [6.45, 7) is 4.00. The molecule has 0 fully saturated rings. The van der Waals surface area contributed by atoms with Gasteiger partial charge < -0.3 is 4.74 Å². The van der Waals surface area contributed by atoms with Crippen LogP contribution in [0.4, 0.5) is 5.69 Å². The molecule has 2 aromatic rings. The van der Waals surface area contributed by atoms with Crippen molar-refractivity contribution in [3.8, 4) is 5.75 Å². The van der Waals surface area contributed by atoms with Crippen LogP contribution in [0.5, 0.6) is 5.75 Å². The van der Waals surface area contributed by atoms with Crippen molar-refractivity contribution in [3.05, 3.63) is 41.7 Å². The zero-order valence-electron chi connectivity index (χ0n) is 13.0. The van der Waals surface area contributed by atoms with Gasteiger partial charge in [-0.25, -0.2) is 4.72 Å². The number of rotatable bonds is 6. The van der Waals surface area contributed by atoms with Crippen LogP contribution in [0.15, 0.2) is 30.5 Å². The van der Waals surface area contributed by atoms with Gasteiger partial charge in [-0.2, -0.15) is 13.5 Å². The lowest BCUT2D eigenvalue weighted by atomic mass is 10.2. The highest BCUT2D eigenvalue weighted by molar-refractivity contribution is 7.91. The van der Waals surface area contributed by atoms with Gasteiger partial charge in [0.15, 0.2) is 0 Å². The van der Waals surface area contributed by atoms with E-state index in [9.17, 15) is 13.2 Å². The zero-order chi connectivity index (χ0) is 17.0. The Kier molecular flexibility index (Phi) is 4.89. The molecule has 0 aliphatic carbocycles. The number of nitrogens with zero attached hydrogens (tertiary/aromatic N) is 2. The van der Waals surface area contributed by atoms with Crippen molar-refractivity contribution in [1.29, 1.82) is 0 Å². The van der Waals surface area contributed by atoms with E-state index in [1.54, 1.807) is 38.2 Å². The number of anilines is 1. The first-order valence-corrected chi connectivity index (χ1v) is 8.37. The molecular formula is C14H18N4O4S. The van der Waals surface area contributed by atoms with Gasteiger partial charge in [-0.15, -0.1) is 0 Å². The molecule has 0 unspecified atom stereocenters. The monoisotopic (exact) mass is 338 g/mol. The summed E-state index contributed by atoms with van der Waals surface area (Å²) in [5.74, 6) is -0.112. The van der Waals surface area contributed by atoms with Crippen LogP contribution >= 0.6 is 0 Å². The Morgan fingerprint density at radius 2 is 1.96 bits per heavy atom. The number of ether oxygens (including phenoxy) is 1. The second-order valence-corrected chi connectivity index (χ2v) is 6.21. The molecular weight excluding hydrogens is 320 g/mol. The van der Waals surface area contributed by atoms with Crippen LogP contribution in [0.25, 0.3) is 0 Å². The highest BCUT2D eigenvalue weighted by Crippen LogP contribution is 2.16. The maximum atomic E-state index is 12.0. The number of hydrogen-bond donors (Lipinski definition) is 2. The first kappa shape index (κ1) is 16.8. The van der Waals surface area contributed by atoms with E-state index in [0.717, 1.165) is 0 Å². The summed E-state index contributed by atoms with van der Waals surface area (Å²) < 4.78 is 35.0. The molecule has 0 saturated carbocycles. The minimum absolute atomic E-state index is 0.199. The molecule has 1 heterocycles. The van der Waals surface area contributed by atoms with E-state index in [1.807, 2.05) is 11.6 Å².